The molecule has 42 heavy (non-hydrogen) atoms. The Morgan fingerprint density at radius 2 is 1.79 bits per heavy atom. The lowest BCUT2D eigenvalue weighted by Gasteiger charge is -2.36. The van der Waals surface area contributed by atoms with Crippen molar-refractivity contribution in [3.8, 4) is 6.07 Å². The summed E-state index contributed by atoms with van der Waals surface area (Å²) in [5.74, 6) is -1.68. The summed E-state index contributed by atoms with van der Waals surface area (Å²) in [6, 6.07) is 12.7. The van der Waals surface area contributed by atoms with E-state index in [9.17, 15) is 24.8 Å². The third kappa shape index (κ3) is 4.91. The summed E-state index contributed by atoms with van der Waals surface area (Å²) in [6.07, 6.45) is 7.41. The molecule has 0 atom stereocenters. The van der Waals surface area contributed by atoms with Gasteiger partial charge in [-0.1, -0.05) is 18.2 Å². The van der Waals surface area contributed by atoms with Gasteiger partial charge < -0.3 is 24.0 Å². The number of nitriles is 1. The Kier molecular flexibility index (Phi) is 7.02. The molecule has 4 aromatic rings. The number of carbonyl (C=O) groups is 2. The van der Waals surface area contributed by atoms with E-state index in [1.165, 1.54) is 19.0 Å². The van der Waals surface area contributed by atoms with E-state index >= 15 is 4.39 Å². The largest absolute Gasteiger partial charge is 0.477 e. The number of hydrogen-bond acceptors (Lipinski definition) is 5. The lowest BCUT2D eigenvalue weighted by Crippen LogP contribution is -2.49. The van der Waals surface area contributed by atoms with Crippen LogP contribution in [0.15, 0.2) is 59.2 Å². The monoisotopic (exact) mass is 567 g/mol. The van der Waals surface area contributed by atoms with E-state index in [2.05, 4.69) is 16.7 Å². The smallest absolute Gasteiger partial charge is 0.341 e. The number of carboxylic acid groups (broad SMARTS) is 1. The van der Waals surface area contributed by atoms with E-state index in [0.717, 1.165) is 29.1 Å². The van der Waals surface area contributed by atoms with Crippen molar-refractivity contribution >= 4 is 45.4 Å². The van der Waals surface area contributed by atoms with E-state index in [0.29, 0.717) is 31.1 Å². The molecule has 3 heterocycles. The number of para-hydroxylation sites is 1. The summed E-state index contributed by atoms with van der Waals surface area (Å²) in [7, 11) is 0. The second-order valence-electron chi connectivity index (χ2n) is 10.9. The van der Waals surface area contributed by atoms with E-state index in [1.54, 1.807) is 26.5 Å². The molecule has 0 unspecified atom stereocenters. The van der Waals surface area contributed by atoms with Crippen LogP contribution in [0.25, 0.3) is 27.9 Å². The number of pyridine rings is 1. The van der Waals surface area contributed by atoms with Crippen molar-refractivity contribution in [3.63, 3.8) is 0 Å². The van der Waals surface area contributed by atoms with Gasteiger partial charge in [-0.25, -0.2) is 9.18 Å². The third-order valence-corrected chi connectivity index (χ3v) is 8.25. The normalized spacial score (nSPS) is 15.8. The van der Waals surface area contributed by atoms with Crippen LogP contribution in [0.5, 0.6) is 0 Å². The fourth-order valence-corrected chi connectivity index (χ4v) is 5.79. The molecule has 0 bridgehead atoms. The predicted molar refractivity (Wildman–Crippen MR) is 158 cm³/mol. The first-order chi connectivity index (χ1) is 20.3. The van der Waals surface area contributed by atoms with Gasteiger partial charge in [-0.3, -0.25) is 9.59 Å². The minimum Gasteiger partial charge on any atom is -0.477 e. The zero-order valence-electron chi connectivity index (χ0n) is 23.2. The van der Waals surface area contributed by atoms with Crippen molar-refractivity contribution in [1.82, 2.24) is 14.0 Å². The van der Waals surface area contributed by atoms with Gasteiger partial charge in [0.25, 0.3) is 5.91 Å². The van der Waals surface area contributed by atoms with Crippen molar-refractivity contribution in [2.75, 3.05) is 31.1 Å². The van der Waals surface area contributed by atoms with Crippen LogP contribution in [0, 0.1) is 23.1 Å². The quantitative estimate of drug-likeness (QED) is 0.260. The number of rotatable bonds is 7. The zero-order chi connectivity index (χ0) is 29.5. The van der Waals surface area contributed by atoms with Gasteiger partial charge >= 0.3 is 5.97 Å². The number of carbonyl (C=O) groups excluding carboxylic acids is 1. The lowest BCUT2D eigenvalue weighted by molar-refractivity contribution is -0.126. The summed E-state index contributed by atoms with van der Waals surface area (Å²) >= 11 is 0. The number of benzene rings is 2. The molecule has 0 spiro atoms. The van der Waals surface area contributed by atoms with Gasteiger partial charge in [-0.15, -0.1) is 0 Å². The predicted octanol–water partition coefficient (Wildman–Crippen LogP) is 4.48. The molecule has 2 aliphatic rings. The van der Waals surface area contributed by atoms with Gasteiger partial charge in [0.15, 0.2) is 0 Å². The van der Waals surface area contributed by atoms with Gasteiger partial charge in [-0.2, -0.15) is 5.26 Å². The first-order valence-electron chi connectivity index (χ1n) is 14.1. The van der Waals surface area contributed by atoms with Crippen LogP contribution in [0.1, 0.15) is 35.7 Å². The van der Waals surface area contributed by atoms with Crippen LogP contribution in [-0.4, -0.2) is 57.2 Å². The van der Waals surface area contributed by atoms with E-state index in [-0.39, 0.29) is 35.6 Å². The Labute approximate surface area is 241 Å². The Morgan fingerprint density at radius 1 is 1.05 bits per heavy atom. The highest BCUT2D eigenvalue weighted by molar-refractivity contribution is 6.04. The molecule has 1 aliphatic heterocycles. The Balaban J connectivity index is 1.23. The average Bonchev–Trinajstić information content (AvgIpc) is 3.76. The standard InChI is InChI=1S/C32H30FN5O4/c1-2-35-19-25(32(41)42)30(39)24-14-26(33)29(15-28(24)35)36-9-11-37(12-10-36)31(40)21(16-34)13-22-18-38(17-20-7-8-20)27-6-4-3-5-23(22)27/h3-6,13-15,18-20H,2,7-12,17H2,1H3,(H,41,42)/b21-13+. The fraction of sp³-hybridized carbons (Fsp3) is 0.312. The average molecular weight is 568 g/mol. The number of aryl methyl sites for hydroxylation is 1. The maximum Gasteiger partial charge on any atom is 0.341 e. The molecule has 10 heteroatoms. The molecule has 1 N–H and O–H groups in total. The number of hydrogen-bond donors (Lipinski definition) is 1. The van der Waals surface area contributed by atoms with Crippen LogP contribution >= 0.6 is 0 Å². The van der Waals surface area contributed by atoms with Gasteiger partial charge in [0.2, 0.25) is 5.43 Å². The maximum atomic E-state index is 15.3. The molecule has 0 radical (unpaired) electrons. The SMILES string of the molecule is CCn1cc(C(=O)O)c(=O)c2cc(F)c(N3CCN(C(=O)/C(C#N)=C/c4cn(CC5CC5)c5ccccc45)CC3)cc21. The zero-order valence-corrected chi connectivity index (χ0v) is 23.2. The molecule has 1 aliphatic carbocycles. The van der Waals surface area contributed by atoms with E-state index in [4.69, 9.17) is 0 Å². The number of halogens is 1. The van der Waals surface area contributed by atoms with Crippen molar-refractivity contribution in [1.29, 1.82) is 5.26 Å². The molecule has 6 rings (SSSR count). The van der Waals surface area contributed by atoms with Crippen molar-refractivity contribution < 1.29 is 19.1 Å². The molecule has 214 valence electrons. The topological polar surface area (TPSA) is 112 Å². The van der Waals surface area contributed by atoms with Crippen LogP contribution < -0.4 is 10.3 Å². The molecular formula is C32H30FN5O4. The van der Waals surface area contributed by atoms with Crippen molar-refractivity contribution in [2.24, 2.45) is 5.92 Å². The fourth-order valence-electron chi connectivity index (χ4n) is 5.79. The first-order valence-corrected chi connectivity index (χ1v) is 14.1. The highest BCUT2D eigenvalue weighted by atomic mass is 19.1. The summed E-state index contributed by atoms with van der Waals surface area (Å²) in [5, 5.41) is 20.3. The van der Waals surface area contributed by atoms with E-state index in [1.807, 2.05) is 31.3 Å². The van der Waals surface area contributed by atoms with Gasteiger partial charge in [0.1, 0.15) is 23.0 Å². The Morgan fingerprint density at radius 3 is 2.45 bits per heavy atom. The van der Waals surface area contributed by atoms with Crippen molar-refractivity contribution in [3.05, 3.63) is 81.5 Å². The molecule has 1 saturated heterocycles. The molecule has 2 fully saturated rings. The van der Waals surface area contributed by atoms with Crippen LogP contribution in [-0.2, 0) is 17.9 Å². The van der Waals surface area contributed by atoms with Crippen LogP contribution in [0.2, 0.25) is 0 Å². The molecule has 1 amide bonds. The number of fused-ring (bicyclic) bond motifs is 2. The number of anilines is 1. The highest BCUT2D eigenvalue weighted by Gasteiger charge is 2.27. The molecule has 9 nitrogen and oxygen atoms in total. The Hall–Kier alpha value is -4.91. The van der Waals surface area contributed by atoms with Gasteiger partial charge in [-0.05, 0) is 50.0 Å². The second-order valence-corrected chi connectivity index (χ2v) is 10.9. The Bertz CT molecular complexity index is 1870. The third-order valence-electron chi connectivity index (χ3n) is 8.25. The summed E-state index contributed by atoms with van der Waals surface area (Å²) in [4.78, 5) is 41.0. The number of carboxylic acids is 1. The van der Waals surface area contributed by atoms with Gasteiger partial charge in [0, 0.05) is 73.5 Å². The minimum atomic E-state index is -1.36. The number of piperazine rings is 1. The number of nitrogens with zero attached hydrogens (tertiary/aromatic N) is 5. The van der Waals surface area contributed by atoms with Gasteiger partial charge in [0.05, 0.1) is 11.2 Å². The molecule has 2 aromatic carbocycles. The summed E-state index contributed by atoms with van der Waals surface area (Å²) < 4.78 is 19.1. The minimum absolute atomic E-state index is 0.00843. The number of aromatic carboxylic acids is 1. The maximum absolute atomic E-state index is 15.3. The molecule has 1 saturated carbocycles. The van der Waals surface area contributed by atoms with Crippen LogP contribution in [0.3, 0.4) is 0 Å². The molecular weight excluding hydrogens is 537 g/mol. The first kappa shape index (κ1) is 27.3. The van der Waals surface area contributed by atoms with Crippen LogP contribution in [0.4, 0.5) is 10.1 Å². The number of aromatic nitrogens is 2. The second kappa shape index (κ2) is 10.8. The highest BCUT2D eigenvalue weighted by Crippen LogP contribution is 2.33. The molecule has 2 aromatic heterocycles. The summed E-state index contributed by atoms with van der Waals surface area (Å²) in [6.45, 7) is 4.37. The number of amides is 1. The van der Waals surface area contributed by atoms with Crippen molar-refractivity contribution in [2.45, 2.75) is 32.9 Å². The summed E-state index contributed by atoms with van der Waals surface area (Å²) in [5.41, 5.74) is 1.56. The van der Waals surface area contributed by atoms with E-state index < -0.39 is 22.8 Å². The lowest BCUT2D eigenvalue weighted by atomic mass is 10.1.